The molecule has 0 saturated carbocycles. The zero-order chi connectivity index (χ0) is 27.9. The number of halogens is 3. The molecule has 2 aliphatic rings. The van der Waals surface area contributed by atoms with Crippen LogP contribution in [0.15, 0.2) is 77.7 Å². The van der Waals surface area contributed by atoms with Gasteiger partial charge in [0.2, 0.25) is 5.95 Å². The Bertz CT molecular complexity index is 1600. The molecule has 0 radical (unpaired) electrons. The van der Waals surface area contributed by atoms with Gasteiger partial charge in [-0.3, -0.25) is 9.00 Å². The summed E-state index contributed by atoms with van der Waals surface area (Å²) in [6.45, 7) is 0.844. The van der Waals surface area contributed by atoms with Crippen molar-refractivity contribution in [1.82, 2.24) is 9.97 Å². The molecule has 0 amide bonds. The summed E-state index contributed by atoms with van der Waals surface area (Å²) in [5, 5.41) is 3.12. The summed E-state index contributed by atoms with van der Waals surface area (Å²) in [5.41, 5.74) is 1.30. The van der Waals surface area contributed by atoms with Crippen molar-refractivity contribution >= 4 is 34.0 Å². The third-order valence-corrected chi connectivity index (χ3v) is 9.06. The van der Waals surface area contributed by atoms with Crippen molar-refractivity contribution in [3.05, 3.63) is 107 Å². The molecule has 0 aliphatic carbocycles. The van der Waals surface area contributed by atoms with Crippen LogP contribution in [-0.4, -0.2) is 38.8 Å². The van der Waals surface area contributed by atoms with E-state index in [0.717, 1.165) is 0 Å². The quantitative estimate of drug-likeness (QED) is 0.303. The topological polar surface area (TPSA) is 75.2 Å². The fourth-order valence-electron chi connectivity index (χ4n) is 5.49. The lowest BCUT2D eigenvalue weighted by Crippen LogP contribution is -2.48. The Kier molecular flexibility index (Phi) is 6.87. The minimum atomic E-state index is -1.27. The highest BCUT2D eigenvalue weighted by molar-refractivity contribution is 7.85. The fourth-order valence-corrected chi connectivity index (χ4v) is 6.80. The fraction of sp³-hybridized carbons (Fsp3) is 0.233. The van der Waals surface area contributed by atoms with E-state index in [4.69, 9.17) is 9.97 Å². The molecule has 1 aromatic heterocycles. The smallest absolute Gasteiger partial charge is 0.227 e. The van der Waals surface area contributed by atoms with E-state index in [-0.39, 0.29) is 5.78 Å². The molecule has 6 rings (SSSR count). The van der Waals surface area contributed by atoms with Crippen molar-refractivity contribution in [2.45, 2.75) is 29.6 Å². The summed E-state index contributed by atoms with van der Waals surface area (Å²) in [6.07, 6.45) is 1.33. The molecule has 1 atom stereocenters. The van der Waals surface area contributed by atoms with Crippen LogP contribution in [0.5, 0.6) is 0 Å². The van der Waals surface area contributed by atoms with Crippen LogP contribution in [0.1, 0.15) is 34.5 Å². The predicted molar refractivity (Wildman–Crippen MR) is 147 cm³/mol. The Morgan fingerprint density at radius 1 is 0.875 bits per heavy atom. The summed E-state index contributed by atoms with van der Waals surface area (Å²) >= 11 is 0. The summed E-state index contributed by atoms with van der Waals surface area (Å²) in [4.78, 5) is 25.8. The largest absolute Gasteiger partial charge is 0.341 e. The SMILES string of the molecule is O=C(c1ccc(F)cc1)C1(c2ccc(F)cc2)CCN(c2nc3c(c(Nc4cccc(F)c4)n2)S(=O)CC3)CC1. The molecule has 6 nitrogen and oxygen atoms in total. The molecule has 1 fully saturated rings. The number of carbonyl (C=O) groups excluding carboxylic acids is 1. The zero-order valence-corrected chi connectivity index (χ0v) is 22.2. The normalized spacial score (nSPS) is 17.9. The van der Waals surface area contributed by atoms with Crippen molar-refractivity contribution in [2.75, 3.05) is 29.1 Å². The lowest BCUT2D eigenvalue weighted by atomic mass is 9.68. The van der Waals surface area contributed by atoms with Gasteiger partial charge in [0, 0.05) is 36.5 Å². The third-order valence-electron chi connectivity index (χ3n) is 7.60. The number of carbonyl (C=O) groups is 1. The van der Waals surface area contributed by atoms with Crippen molar-refractivity contribution in [3.63, 3.8) is 0 Å². The number of Topliss-reactive ketones (excluding diaryl/α,β-unsaturated/α-hetero) is 1. The van der Waals surface area contributed by atoms with Gasteiger partial charge in [-0.15, -0.1) is 0 Å². The standard InChI is InChI=1S/C30H25F3N4O2S/c31-21-8-4-19(5-9-21)27(38)30(20-6-10-22(32)11-7-20)13-15-37(16-14-30)29-35-25-12-17-40(39)26(25)28(36-29)34-24-3-1-2-23(33)18-24/h1-11,18H,12-17H2,(H,34,35,36). The van der Waals surface area contributed by atoms with Crippen molar-refractivity contribution < 1.29 is 22.2 Å². The summed E-state index contributed by atoms with van der Waals surface area (Å²) < 4.78 is 53.9. The number of aryl methyl sites for hydroxylation is 1. The van der Waals surface area contributed by atoms with Gasteiger partial charge in [0.25, 0.3) is 0 Å². The van der Waals surface area contributed by atoms with Crippen LogP contribution >= 0.6 is 0 Å². The van der Waals surface area contributed by atoms with Crippen LogP contribution in [0, 0.1) is 17.5 Å². The van der Waals surface area contributed by atoms with Crippen LogP contribution in [0.25, 0.3) is 0 Å². The lowest BCUT2D eigenvalue weighted by molar-refractivity contribution is 0.0854. The van der Waals surface area contributed by atoms with E-state index < -0.39 is 33.7 Å². The maximum Gasteiger partial charge on any atom is 0.227 e. The van der Waals surface area contributed by atoms with Crippen LogP contribution in [0.3, 0.4) is 0 Å². The number of fused-ring (bicyclic) bond motifs is 1. The van der Waals surface area contributed by atoms with Crippen LogP contribution in [0.4, 0.5) is 30.6 Å². The van der Waals surface area contributed by atoms with Crippen LogP contribution in [-0.2, 0) is 22.6 Å². The Balaban J connectivity index is 1.32. The van der Waals surface area contributed by atoms with Crippen molar-refractivity contribution in [2.24, 2.45) is 0 Å². The number of anilines is 3. The number of aromatic nitrogens is 2. The van der Waals surface area contributed by atoms with Gasteiger partial charge in [0.05, 0.1) is 21.9 Å². The average molecular weight is 563 g/mol. The molecule has 2 aliphatic heterocycles. The molecule has 1 N–H and O–H groups in total. The van der Waals surface area contributed by atoms with E-state index in [0.29, 0.717) is 77.3 Å². The first-order chi connectivity index (χ1) is 19.3. The highest BCUT2D eigenvalue weighted by Gasteiger charge is 2.44. The number of rotatable bonds is 6. The van der Waals surface area contributed by atoms with E-state index in [9.17, 15) is 22.2 Å². The van der Waals surface area contributed by atoms with Gasteiger partial charge < -0.3 is 10.2 Å². The molecule has 10 heteroatoms. The van der Waals surface area contributed by atoms with Gasteiger partial charge in [-0.05, 0) is 73.0 Å². The van der Waals surface area contributed by atoms with Gasteiger partial charge in [-0.2, -0.15) is 4.98 Å². The molecule has 0 spiro atoms. The number of nitrogens with zero attached hydrogens (tertiary/aromatic N) is 3. The van der Waals surface area contributed by atoms with E-state index in [1.807, 2.05) is 4.90 Å². The summed E-state index contributed by atoms with van der Waals surface area (Å²) in [6, 6.07) is 17.4. The molecular formula is C30H25F3N4O2S. The monoisotopic (exact) mass is 562 g/mol. The van der Waals surface area contributed by atoms with E-state index in [1.165, 1.54) is 48.5 Å². The zero-order valence-electron chi connectivity index (χ0n) is 21.4. The minimum Gasteiger partial charge on any atom is -0.341 e. The second-order valence-corrected chi connectivity index (χ2v) is 11.5. The molecule has 40 heavy (non-hydrogen) atoms. The van der Waals surface area contributed by atoms with Gasteiger partial charge in [-0.25, -0.2) is 18.2 Å². The Morgan fingerprint density at radius 3 is 2.23 bits per heavy atom. The molecule has 1 unspecified atom stereocenters. The Morgan fingerprint density at radius 2 is 1.55 bits per heavy atom. The Hall–Kier alpha value is -4.05. The van der Waals surface area contributed by atoms with E-state index in [1.54, 1.807) is 24.3 Å². The molecule has 4 aromatic rings. The van der Waals surface area contributed by atoms with E-state index in [2.05, 4.69) is 5.32 Å². The second-order valence-electron chi connectivity index (χ2n) is 10.00. The average Bonchev–Trinajstić information content (AvgIpc) is 3.34. The molecular weight excluding hydrogens is 537 g/mol. The predicted octanol–water partition coefficient (Wildman–Crippen LogP) is 5.72. The molecule has 204 valence electrons. The van der Waals surface area contributed by atoms with Gasteiger partial charge in [0.1, 0.15) is 22.3 Å². The number of hydrogen-bond donors (Lipinski definition) is 1. The molecule has 0 bridgehead atoms. The maximum atomic E-state index is 13.9. The number of hydrogen-bond acceptors (Lipinski definition) is 6. The lowest BCUT2D eigenvalue weighted by Gasteiger charge is -2.41. The number of piperidine rings is 1. The first-order valence-electron chi connectivity index (χ1n) is 13.0. The van der Waals surface area contributed by atoms with Gasteiger partial charge in [-0.1, -0.05) is 18.2 Å². The minimum absolute atomic E-state index is 0.155. The van der Waals surface area contributed by atoms with E-state index >= 15 is 0 Å². The van der Waals surface area contributed by atoms with Crippen molar-refractivity contribution in [3.8, 4) is 0 Å². The first kappa shape index (κ1) is 26.2. The third kappa shape index (κ3) is 4.88. The van der Waals surface area contributed by atoms with Crippen LogP contribution < -0.4 is 10.2 Å². The highest BCUT2D eigenvalue weighted by Crippen LogP contribution is 2.40. The summed E-state index contributed by atoms with van der Waals surface area (Å²) in [7, 11) is -1.27. The second kappa shape index (κ2) is 10.5. The van der Waals surface area contributed by atoms with Gasteiger partial charge >= 0.3 is 0 Å². The maximum absolute atomic E-state index is 13.9. The number of benzene rings is 3. The molecule has 3 heterocycles. The summed E-state index contributed by atoms with van der Waals surface area (Å²) in [5.74, 6) is -0.149. The Labute approximate surface area is 231 Å². The van der Waals surface area contributed by atoms with Gasteiger partial charge in [0.15, 0.2) is 11.6 Å². The highest BCUT2D eigenvalue weighted by atomic mass is 32.2. The number of nitrogens with one attached hydrogen (secondary N) is 1. The van der Waals surface area contributed by atoms with Crippen molar-refractivity contribution in [1.29, 1.82) is 0 Å². The first-order valence-corrected chi connectivity index (χ1v) is 14.3. The van der Waals surface area contributed by atoms with Crippen LogP contribution in [0.2, 0.25) is 0 Å². The molecule has 3 aromatic carbocycles. The number of ketones is 1. The molecule has 1 saturated heterocycles.